The van der Waals surface area contributed by atoms with Gasteiger partial charge in [0.05, 0.1) is 13.2 Å². The second-order valence-corrected chi connectivity index (χ2v) is 4.47. The van der Waals surface area contributed by atoms with Gasteiger partial charge < -0.3 is 20.4 Å². The number of nitrogens with two attached hydrogens (primary N) is 1. The highest BCUT2D eigenvalue weighted by atomic mass is 32.1. The quantitative estimate of drug-likeness (QED) is 0.387. The fourth-order valence-electron chi connectivity index (χ4n) is 1.84. The van der Waals surface area contributed by atoms with Gasteiger partial charge in [0.2, 0.25) is 0 Å². The molecule has 1 heterocycles. The number of hydrogen-bond acceptors (Lipinski definition) is 4. The first-order valence-corrected chi connectivity index (χ1v) is 6.29. The van der Waals surface area contributed by atoms with Gasteiger partial charge in [-0.2, -0.15) is 0 Å². The lowest BCUT2D eigenvalue weighted by molar-refractivity contribution is 0.0587. The molecule has 0 aliphatic carbocycles. The summed E-state index contributed by atoms with van der Waals surface area (Å²) >= 11 is 4.81. The lowest BCUT2D eigenvalue weighted by Crippen LogP contribution is -2.49. The molecule has 4 N–H and O–H groups in total. The summed E-state index contributed by atoms with van der Waals surface area (Å²) in [6.45, 7) is 2.99. The van der Waals surface area contributed by atoms with Crippen molar-refractivity contribution >= 4 is 23.4 Å². The number of thiocarbonyl (C=S) groups is 1. The van der Waals surface area contributed by atoms with Gasteiger partial charge in [-0.15, -0.1) is 0 Å². The number of alkyl halides is 1. The molecule has 0 spiro atoms. The van der Waals surface area contributed by atoms with Gasteiger partial charge in [0, 0.05) is 19.0 Å². The molecule has 1 fully saturated rings. The van der Waals surface area contributed by atoms with E-state index in [-0.39, 0.29) is 17.6 Å². The van der Waals surface area contributed by atoms with Crippen molar-refractivity contribution in [2.24, 2.45) is 11.8 Å². The van der Waals surface area contributed by atoms with Crippen molar-refractivity contribution in [2.75, 3.05) is 26.2 Å². The number of amides is 1. The van der Waals surface area contributed by atoms with Crippen molar-refractivity contribution in [2.45, 2.75) is 19.5 Å². The molecule has 6 nitrogen and oxygen atoms in total. The SMILES string of the molecule is CCOC(=O)N1CCC(CNC(=S)NN)C(F)C1. The highest BCUT2D eigenvalue weighted by molar-refractivity contribution is 7.80. The molecule has 0 aromatic rings. The fraction of sp³-hybridized carbons (Fsp3) is 0.800. The number of piperidine rings is 1. The third kappa shape index (κ3) is 4.26. The van der Waals surface area contributed by atoms with Crippen molar-refractivity contribution in [3.63, 3.8) is 0 Å². The average Bonchev–Trinajstić information content (AvgIpc) is 2.37. The van der Waals surface area contributed by atoms with Crippen LogP contribution in [0.15, 0.2) is 0 Å². The van der Waals surface area contributed by atoms with Gasteiger partial charge in [0.1, 0.15) is 6.17 Å². The lowest BCUT2D eigenvalue weighted by Gasteiger charge is -2.34. The number of nitrogens with zero attached hydrogens (tertiary/aromatic N) is 1. The van der Waals surface area contributed by atoms with Crippen LogP contribution in [0.25, 0.3) is 0 Å². The van der Waals surface area contributed by atoms with Crippen LogP contribution in [0.1, 0.15) is 13.3 Å². The Morgan fingerprint density at radius 2 is 2.39 bits per heavy atom. The predicted molar refractivity (Wildman–Crippen MR) is 69.5 cm³/mol. The van der Waals surface area contributed by atoms with Crippen LogP contribution in [0, 0.1) is 5.92 Å². The summed E-state index contributed by atoms with van der Waals surface area (Å²) in [5, 5.41) is 3.11. The van der Waals surface area contributed by atoms with Crippen LogP contribution < -0.4 is 16.6 Å². The van der Waals surface area contributed by atoms with Gasteiger partial charge in [-0.25, -0.2) is 15.0 Å². The van der Waals surface area contributed by atoms with Crippen LogP contribution in [0.2, 0.25) is 0 Å². The Morgan fingerprint density at radius 1 is 1.67 bits per heavy atom. The minimum absolute atomic E-state index is 0.0635. The molecule has 1 rings (SSSR count). The summed E-state index contributed by atoms with van der Waals surface area (Å²) in [6, 6.07) is 0. The van der Waals surface area contributed by atoms with Gasteiger partial charge in [0.25, 0.3) is 0 Å². The molecule has 0 saturated carbocycles. The number of carbonyl (C=O) groups excluding carboxylic acids is 1. The van der Waals surface area contributed by atoms with Crippen LogP contribution in [0.4, 0.5) is 9.18 Å². The lowest BCUT2D eigenvalue weighted by atomic mass is 9.95. The molecule has 2 atom stereocenters. The number of rotatable bonds is 3. The van der Waals surface area contributed by atoms with E-state index in [0.29, 0.717) is 26.1 Å². The molecule has 1 aliphatic heterocycles. The van der Waals surface area contributed by atoms with Crippen molar-refractivity contribution in [3.05, 3.63) is 0 Å². The molecule has 104 valence electrons. The number of halogens is 1. The van der Waals surface area contributed by atoms with Crippen LogP contribution in [-0.4, -0.2) is 48.5 Å². The van der Waals surface area contributed by atoms with E-state index in [9.17, 15) is 9.18 Å². The van der Waals surface area contributed by atoms with Crippen molar-refractivity contribution in [1.82, 2.24) is 15.6 Å². The molecule has 0 aromatic heterocycles. The van der Waals surface area contributed by atoms with E-state index in [0.717, 1.165) is 0 Å². The van der Waals surface area contributed by atoms with E-state index in [4.69, 9.17) is 22.8 Å². The maximum Gasteiger partial charge on any atom is 0.409 e. The highest BCUT2D eigenvalue weighted by Crippen LogP contribution is 2.20. The molecule has 1 amide bonds. The zero-order valence-electron chi connectivity index (χ0n) is 10.3. The zero-order valence-corrected chi connectivity index (χ0v) is 11.1. The fourth-order valence-corrected chi connectivity index (χ4v) is 1.92. The zero-order chi connectivity index (χ0) is 13.5. The monoisotopic (exact) mass is 278 g/mol. The molecule has 0 bridgehead atoms. The van der Waals surface area contributed by atoms with Crippen LogP contribution >= 0.6 is 12.2 Å². The second-order valence-electron chi connectivity index (χ2n) is 4.06. The Labute approximate surface area is 111 Å². The normalized spacial score (nSPS) is 23.4. The van der Waals surface area contributed by atoms with Gasteiger partial charge in [-0.1, -0.05) is 0 Å². The van der Waals surface area contributed by atoms with E-state index in [2.05, 4.69) is 10.7 Å². The number of likely N-dealkylation sites (tertiary alicyclic amines) is 1. The number of nitrogens with one attached hydrogen (secondary N) is 2. The Hall–Kier alpha value is -1.15. The number of hydrogen-bond donors (Lipinski definition) is 3. The third-order valence-corrected chi connectivity index (χ3v) is 3.12. The Kier molecular flexibility index (Phi) is 6.06. The summed E-state index contributed by atoms with van der Waals surface area (Å²) in [4.78, 5) is 12.8. The van der Waals surface area contributed by atoms with Gasteiger partial charge >= 0.3 is 6.09 Å². The van der Waals surface area contributed by atoms with E-state index in [1.54, 1.807) is 6.92 Å². The van der Waals surface area contributed by atoms with E-state index >= 15 is 0 Å². The number of hydrazine groups is 1. The Bertz CT molecular complexity index is 306. The molecule has 0 radical (unpaired) electrons. The summed E-state index contributed by atoms with van der Waals surface area (Å²) in [5.74, 6) is 4.92. The maximum absolute atomic E-state index is 13.9. The van der Waals surface area contributed by atoms with E-state index in [1.807, 2.05) is 0 Å². The molecule has 1 saturated heterocycles. The summed E-state index contributed by atoms with van der Waals surface area (Å²) < 4.78 is 18.7. The first-order chi connectivity index (χ1) is 8.58. The average molecular weight is 278 g/mol. The summed E-state index contributed by atoms with van der Waals surface area (Å²) in [5.41, 5.74) is 2.28. The number of carbonyl (C=O) groups is 1. The molecule has 0 aromatic carbocycles. The smallest absolute Gasteiger partial charge is 0.409 e. The van der Waals surface area contributed by atoms with E-state index < -0.39 is 12.3 Å². The van der Waals surface area contributed by atoms with Gasteiger partial charge in [-0.05, 0) is 25.6 Å². The molecule has 8 heteroatoms. The van der Waals surface area contributed by atoms with Crippen LogP contribution in [0.5, 0.6) is 0 Å². The standard InChI is InChI=1S/C10H19FN4O2S/c1-2-17-10(16)15-4-3-7(8(11)6-15)5-13-9(18)14-12/h7-8H,2-6,12H2,1H3,(H2,13,14,18). The maximum atomic E-state index is 13.9. The highest BCUT2D eigenvalue weighted by Gasteiger charge is 2.31. The predicted octanol–water partition coefficient (Wildman–Crippen LogP) is 0.141. The van der Waals surface area contributed by atoms with Gasteiger partial charge in [0.15, 0.2) is 5.11 Å². The topological polar surface area (TPSA) is 79.6 Å². The molecular formula is C10H19FN4O2S. The van der Waals surface area contributed by atoms with Crippen molar-refractivity contribution < 1.29 is 13.9 Å². The van der Waals surface area contributed by atoms with E-state index in [1.165, 1.54) is 4.90 Å². The molecular weight excluding hydrogens is 259 g/mol. The van der Waals surface area contributed by atoms with Crippen molar-refractivity contribution in [3.8, 4) is 0 Å². The Morgan fingerprint density at radius 3 is 2.94 bits per heavy atom. The largest absolute Gasteiger partial charge is 0.450 e. The molecule has 18 heavy (non-hydrogen) atoms. The minimum atomic E-state index is -1.09. The second kappa shape index (κ2) is 7.32. The molecule has 2 unspecified atom stereocenters. The number of ether oxygens (including phenoxy) is 1. The third-order valence-electron chi connectivity index (χ3n) is 2.86. The van der Waals surface area contributed by atoms with Gasteiger partial charge in [-0.3, -0.25) is 0 Å². The van der Waals surface area contributed by atoms with Crippen LogP contribution in [-0.2, 0) is 4.74 Å². The Balaban J connectivity index is 2.36. The minimum Gasteiger partial charge on any atom is -0.450 e. The van der Waals surface area contributed by atoms with Crippen molar-refractivity contribution in [1.29, 1.82) is 0 Å². The first-order valence-electron chi connectivity index (χ1n) is 5.88. The summed E-state index contributed by atoms with van der Waals surface area (Å²) in [7, 11) is 0. The van der Waals surface area contributed by atoms with Crippen LogP contribution in [0.3, 0.4) is 0 Å². The summed E-state index contributed by atoms with van der Waals surface area (Å²) in [6.07, 6.45) is -0.970. The first kappa shape index (κ1) is 14.9. The molecule has 1 aliphatic rings.